The van der Waals surface area contributed by atoms with Crippen LogP contribution in [0.25, 0.3) is 0 Å². The molecule has 0 aromatic heterocycles. The summed E-state index contributed by atoms with van der Waals surface area (Å²) in [5.74, 6) is -1.51. The normalized spacial score (nSPS) is 10.1. The number of nitro groups is 1. The molecule has 98 valence electrons. The van der Waals surface area contributed by atoms with Gasteiger partial charge in [0.25, 0.3) is 11.6 Å². The van der Waals surface area contributed by atoms with Gasteiger partial charge in [0.05, 0.1) is 16.6 Å². The summed E-state index contributed by atoms with van der Waals surface area (Å²) in [6.45, 7) is 0.839. The molecule has 0 unspecified atom stereocenters. The molecule has 0 spiro atoms. The lowest BCUT2D eigenvalue weighted by Crippen LogP contribution is -2.26. The van der Waals surface area contributed by atoms with Crippen molar-refractivity contribution in [3.8, 4) is 0 Å². The third kappa shape index (κ3) is 3.77. The molecule has 1 N–H and O–H groups in total. The van der Waals surface area contributed by atoms with Gasteiger partial charge in [-0.1, -0.05) is 0 Å². The zero-order chi connectivity index (χ0) is 13.5. The van der Waals surface area contributed by atoms with Gasteiger partial charge < -0.3 is 10.1 Å². The summed E-state index contributed by atoms with van der Waals surface area (Å²) < 4.78 is 18.2. The van der Waals surface area contributed by atoms with Crippen LogP contribution in [0, 0.1) is 15.9 Å². The molecular formula is C11H13FN2O4. The van der Waals surface area contributed by atoms with Crippen molar-refractivity contribution in [1.82, 2.24) is 5.32 Å². The highest BCUT2D eigenvalue weighted by atomic mass is 19.1. The predicted octanol–water partition coefficient (Wildman–Crippen LogP) is 1.50. The van der Waals surface area contributed by atoms with Gasteiger partial charge in [-0.2, -0.15) is 0 Å². The van der Waals surface area contributed by atoms with Crippen molar-refractivity contribution in [3.63, 3.8) is 0 Å². The van der Waals surface area contributed by atoms with Crippen LogP contribution in [0.1, 0.15) is 16.8 Å². The largest absolute Gasteiger partial charge is 0.385 e. The van der Waals surface area contributed by atoms with Gasteiger partial charge in [0.2, 0.25) is 0 Å². The van der Waals surface area contributed by atoms with E-state index in [0.717, 1.165) is 18.2 Å². The molecule has 0 saturated heterocycles. The third-order valence-electron chi connectivity index (χ3n) is 2.22. The topological polar surface area (TPSA) is 81.5 Å². The Kier molecular flexibility index (Phi) is 5.19. The van der Waals surface area contributed by atoms with Crippen LogP contribution in [0.5, 0.6) is 0 Å². The third-order valence-corrected chi connectivity index (χ3v) is 2.22. The molecule has 0 atom stereocenters. The minimum atomic E-state index is -0.909. The highest BCUT2D eigenvalue weighted by Crippen LogP contribution is 2.16. The van der Waals surface area contributed by atoms with Crippen LogP contribution in [0.2, 0.25) is 0 Å². The van der Waals surface area contributed by atoms with E-state index < -0.39 is 16.6 Å². The first kappa shape index (κ1) is 14.0. The standard InChI is InChI=1S/C11H13FN2O4/c1-18-6-2-5-13-11(15)9-4-3-8(14(16)17)7-10(9)12/h3-4,7H,2,5-6H2,1H3,(H,13,15). The van der Waals surface area contributed by atoms with Crippen molar-refractivity contribution in [1.29, 1.82) is 0 Å². The SMILES string of the molecule is COCCCNC(=O)c1ccc([N+](=O)[O-])cc1F. The Hall–Kier alpha value is -2.02. The Labute approximate surface area is 103 Å². The zero-order valence-corrected chi connectivity index (χ0v) is 9.81. The number of hydrogen-bond acceptors (Lipinski definition) is 4. The molecular weight excluding hydrogens is 243 g/mol. The van der Waals surface area contributed by atoms with Gasteiger partial charge in [-0.3, -0.25) is 14.9 Å². The quantitative estimate of drug-likeness (QED) is 0.475. The van der Waals surface area contributed by atoms with Crippen LogP contribution in [0.3, 0.4) is 0 Å². The lowest BCUT2D eigenvalue weighted by molar-refractivity contribution is -0.385. The van der Waals surface area contributed by atoms with Crippen molar-refractivity contribution in [2.45, 2.75) is 6.42 Å². The second-order valence-corrected chi connectivity index (χ2v) is 3.52. The van der Waals surface area contributed by atoms with E-state index in [9.17, 15) is 19.3 Å². The molecule has 0 heterocycles. The van der Waals surface area contributed by atoms with Crippen LogP contribution >= 0.6 is 0 Å². The number of non-ortho nitro benzene ring substituents is 1. The number of methoxy groups -OCH3 is 1. The van der Waals surface area contributed by atoms with Gasteiger partial charge in [0, 0.05) is 26.3 Å². The number of carbonyl (C=O) groups is 1. The van der Waals surface area contributed by atoms with Crippen LogP contribution in [0.15, 0.2) is 18.2 Å². The summed E-state index contributed by atoms with van der Waals surface area (Å²) in [5.41, 5.74) is -0.596. The number of amides is 1. The van der Waals surface area contributed by atoms with Gasteiger partial charge >= 0.3 is 0 Å². The van der Waals surface area contributed by atoms with Crippen LogP contribution < -0.4 is 5.32 Å². The Morgan fingerprint density at radius 2 is 2.28 bits per heavy atom. The van der Waals surface area contributed by atoms with Crippen LogP contribution in [-0.2, 0) is 4.74 Å². The molecule has 1 aromatic carbocycles. The molecule has 0 bridgehead atoms. The lowest BCUT2D eigenvalue weighted by Gasteiger charge is -2.05. The van der Waals surface area contributed by atoms with E-state index in [4.69, 9.17) is 4.74 Å². The van der Waals surface area contributed by atoms with E-state index in [-0.39, 0.29) is 11.3 Å². The van der Waals surface area contributed by atoms with Gasteiger partial charge in [-0.05, 0) is 12.5 Å². The first-order chi connectivity index (χ1) is 8.56. The average Bonchev–Trinajstić information content (AvgIpc) is 2.34. The molecule has 7 heteroatoms. The van der Waals surface area contributed by atoms with E-state index in [2.05, 4.69) is 5.32 Å². The molecule has 0 radical (unpaired) electrons. The van der Waals surface area contributed by atoms with Gasteiger partial charge in [-0.25, -0.2) is 4.39 Å². The average molecular weight is 256 g/mol. The molecule has 18 heavy (non-hydrogen) atoms. The summed E-state index contributed by atoms with van der Waals surface area (Å²) in [6, 6.07) is 2.91. The van der Waals surface area contributed by atoms with Crippen LogP contribution in [0.4, 0.5) is 10.1 Å². The van der Waals surface area contributed by atoms with Crippen molar-refractivity contribution in [3.05, 3.63) is 39.7 Å². The number of ether oxygens (including phenoxy) is 1. The molecule has 1 amide bonds. The monoisotopic (exact) mass is 256 g/mol. The molecule has 6 nitrogen and oxygen atoms in total. The Balaban J connectivity index is 2.66. The van der Waals surface area contributed by atoms with Crippen molar-refractivity contribution < 1.29 is 18.8 Å². The second kappa shape index (κ2) is 6.65. The molecule has 0 aliphatic rings. The number of carbonyl (C=O) groups excluding carboxylic acids is 1. The highest BCUT2D eigenvalue weighted by Gasteiger charge is 2.15. The first-order valence-electron chi connectivity index (χ1n) is 5.27. The van der Waals surface area contributed by atoms with E-state index in [1.807, 2.05) is 0 Å². The minimum absolute atomic E-state index is 0.210. The fourth-order valence-electron chi connectivity index (χ4n) is 1.32. The summed E-state index contributed by atoms with van der Waals surface area (Å²) in [6.07, 6.45) is 0.608. The maximum absolute atomic E-state index is 13.4. The van der Waals surface area contributed by atoms with Crippen molar-refractivity contribution in [2.75, 3.05) is 20.3 Å². The smallest absolute Gasteiger partial charge is 0.272 e. The lowest BCUT2D eigenvalue weighted by atomic mass is 10.2. The first-order valence-corrected chi connectivity index (χ1v) is 5.27. The fourth-order valence-corrected chi connectivity index (χ4v) is 1.32. The molecule has 0 saturated carbocycles. The van der Waals surface area contributed by atoms with E-state index >= 15 is 0 Å². The Morgan fingerprint density at radius 1 is 1.56 bits per heavy atom. The van der Waals surface area contributed by atoms with Crippen molar-refractivity contribution >= 4 is 11.6 Å². The molecule has 0 aliphatic carbocycles. The number of rotatable bonds is 6. The summed E-state index contributed by atoms with van der Waals surface area (Å²) in [4.78, 5) is 21.2. The van der Waals surface area contributed by atoms with E-state index in [1.54, 1.807) is 0 Å². The number of hydrogen-bond donors (Lipinski definition) is 1. The zero-order valence-electron chi connectivity index (χ0n) is 9.81. The van der Waals surface area contributed by atoms with Gasteiger partial charge in [0.15, 0.2) is 0 Å². The number of benzene rings is 1. The fraction of sp³-hybridized carbons (Fsp3) is 0.364. The van der Waals surface area contributed by atoms with Gasteiger partial charge in [-0.15, -0.1) is 0 Å². The highest BCUT2D eigenvalue weighted by molar-refractivity contribution is 5.94. The molecule has 1 rings (SSSR count). The predicted molar refractivity (Wildman–Crippen MR) is 61.9 cm³/mol. The van der Waals surface area contributed by atoms with E-state index in [0.29, 0.717) is 19.6 Å². The summed E-state index contributed by atoms with van der Waals surface area (Å²) in [5, 5.41) is 12.9. The number of nitrogens with zero attached hydrogens (tertiary/aromatic N) is 1. The summed E-state index contributed by atoms with van der Waals surface area (Å²) in [7, 11) is 1.54. The maximum Gasteiger partial charge on any atom is 0.272 e. The number of nitrogens with one attached hydrogen (secondary N) is 1. The molecule has 1 aromatic rings. The van der Waals surface area contributed by atoms with E-state index in [1.165, 1.54) is 7.11 Å². The maximum atomic E-state index is 13.4. The van der Waals surface area contributed by atoms with Crippen LogP contribution in [-0.4, -0.2) is 31.1 Å². The molecule has 0 aliphatic heterocycles. The van der Waals surface area contributed by atoms with Crippen molar-refractivity contribution in [2.24, 2.45) is 0 Å². The molecule has 0 fully saturated rings. The minimum Gasteiger partial charge on any atom is -0.385 e. The summed E-state index contributed by atoms with van der Waals surface area (Å²) >= 11 is 0. The Morgan fingerprint density at radius 3 is 2.83 bits per heavy atom. The second-order valence-electron chi connectivity index (χ2n) is 3.52. The number of halogens is 1. The van der Waals surface area contributed by atoms with Gasteiger partial charge in [0.1, 0.15) is 5.82 Å². The Bertz CT molecular complexity index is 451. The number of nitro benzene ring substituents is 1.